The van der Waals surface area contributed by atoms with Crippen LogP contribution in [0.1, 0.15) is 17.2 Å². The Balaban J connectivity index is 1.73. The predicted octanol–water partition coefficient (Wildman–Crippen LogP) is 3.93. The van der Waals surface area contributed by atoms with Crippen molar-refractivity contribution in [2.24, 2.45) is 0 Å². The van der Waals surface area contributed by atoms with Crippen LogP contribution in [0.3, 0.4) is 0 Å². The van der Waals surface area contributed by atoms with E-state index in [4.69, 9.17) is 4.74 Å². The molecule has 2 aromatic carbocycles. The van der Waals surface area contributed by atoms with Gasteiger partial charge in [0.2, 0.25) is 0 Å². The van der Waals surface area contributed by atoms with Crippen molar-refractivity contribution in [2.75, 3.05) is 19.7 Å². The molecule has 0 aliphatic carbocycles. The average molecular weight is 377 g/mol. The first kappa shape index (κ1) is 16.1. The molecule has 0 saturated carbocycles. The van der Waals surface area contributed by atoms with E-state index in [1.807, 2.05) is 30.3 Å². The molecule has 23 heavy (non-hydrogen) atoms. The van der Waals surface area contributed by atoms with E-state index in [-0.39, 0.29) is 16.7 Å². The number of halogens is 1. The first-order chi connectivity index (χ1) is 11.1. The summed E-state index contributed by atoms with van der Waals surface area (Å²) < 4.78 is 6.89. The lowest BCUT2D eigenvalue weighted by Crippen LogP contribution is -2.37. The third kappa shape index (κ3) is 3.96. The van der Waals surface area contributed by atoms with E-state index < -0.39 is 0 Å². The highest BCUT2D eigenvalue weighted by atomic mass is 79.9. The smallest absolute Gasteiger partial charge is 0.273 e. The van der Waals surface area contributed by atoms with Crippen molar-refractivity contribution in [3.63, 3.8) is 0 Å². The molecule has 0 bridgehead atoms. The standard InChI is InChI=1S/C17H17BrN2O3/c18-15-6-3-5-13(10-15)17-12-19(8-9-23-17)11-14-4-1-2-7-16(14)20(21)22/h1-7,10,17H,8-9,11-12H2. The molecule has 3 rings (SSSR count). The molecular formula is C17H17BrN2O3. The van der Waals surface area contributed by atoms with Crippen molar-refractivity contribution in [1.82, 2.24) is 4.90 Å². The van der Waals surface area contributed by atoms with Crippen molar-refractivity contribution in [3.8, 4) is 0 Å². The second kappa shape index (κ2) is 7.21. The highest BCUT2D eigenvalue weighted by Crippen LogP contribution is 2.27. The monoisotopic (exact) mass is 376 g/mol. The lowest BCUT2D eigenvalue weighted by Gasteiger charge is -2.33. The second-order valence-electron chi connectivity index (χ2n) is 5.54. The number of nitro benzene ring substituents is 1. The van der Waals surface area contributed by atoms with E-state index >= 15 is 0 Å². The molecule has 1 unspecified atom stereocenters. The van der Waals surface area contributed by atoms with Gasteiger partial charge in [0, 0.05) is 35.7 Å². The number of nitro groups is 1. The summed E-state index contributed by atoms with van der Waals surface area (Å²) in [7, 11) is 0. The summed E-state index contributed by atoms with van der Waals surface area (Å²) in [5, 5.41) is 11.1. The normalized spacial score (nSPS) is 18.7. The zero-order valence-corrected chi connectivity index (χ0v) is 14.1. The number of nitrogens with zero attached hydrogens (tertiary/aromatic N) is 2. The number of rotatable bonds is 4. The largest absolute Gasteiger partial charge is 0.371 e. The Morgan fingerprint density at radius 2 is 2.09 bits per heavy atom. The Hall–Kier alpha value is -1.76. The predicted molar refractivity (Wildman–Crippen MR) is 91.2 cm³/mol. The van der Waals surface area contributed by atoms with Crippen LogP contribution in [0.4, 0.5) is 5.69 Å². The van der Waals surface area contributed by atoms with Crippen molar-refractivity contribution in [3.05, 3.63) is 74.2 Å². The summed E-state index contributed by atoms with van der Waals surface area (Å²) >= 11 is 3.48. The Morgan fingerprint density at radius 3 is 2.87 bits per heavy atom. The minimum atomic E-state index is -0.318. The number of ether oxygens (including phenoxy) is 1. The first-order valence-electron chi connectivity index (χ1n) is 7.45. The van der Waals surface area contributed by atoms with Crippen molar-refractivity contribution < 1.29 is 9.66 Å². The van der Waals surface area contributed by atoms with Crippen LogP contribution in [0.2, 0.25) is 0 Å². The molecule has 1 aliphatic heterocycles. The van der Waals surface area contributed by atoms with Crippen LogP contribution in [0.15, 0.2) is 53.0 Å². The molecule has 0 amide bonds. The molecule has 1 saturated heterocycles. The molecule has 1 fully saturated rings. The molecule has 0 radical (unpaired) electrons. The fourth-order valence-corrected chi connectivity index (χ4v) is 3.24. The van der Waals surface area contributed by atoms with Crippen LogP contribution >= 0.6 is 15.9 Å². The van der Waals surface area contributed by atoms with Gasteiger partial charge in [0.15, 0.2) is 0 Å². The van der Waals surface area contributed by atoms with Gasteiger partial charge in [0.05, 0.1) is 17.6 Å². The molecule has 1 heterocycles. The van der Waals surface area contributed by atoms with Crippen molar-refractivity contribution >= 4 is 21.6 Å². The first-order valence-corrected chi connectivity index (χ1v) is 8.24. The Morgan fingerprint density at radius 1 is 1.26 bits per heavy atom. The van der Waals surface area contributed by atoms with Crippen LogP contribution in [0, 0.1) is 10.1 Å². The summed E-state index contributed by atoms with van der Waals surface area (Å²) in [6.07, 6.45) is -0.0102. The van der Waals surface area contributed by atoms with E-state index in [2.05, 4.69) is 26.9 Å². The van der Waals surface area contributed by atoms with Gasteiger partial charge >= 0.3 is 0 Å². The van der Waals surface area contributed by atoms with Crippen LogP contribution in [0.5, 0.6) is 0 Å². The summed E-state index contributed by atoms with van der Waals surface area (Å²) in [5.74, 6) is 0. The maximum atomic E-state index is 11.1. The number of para-hydroxylation sites is 1. The van der Waals surface area contributed by atoms with Crippen LogP contribution in [-0.4, -0.2) is 29.5 Å². The minimum Gasteiger partial charge on any atom is -0.371 e. The molecular weight excluding hydrogens is 360 g/mol. The van der Waals surface area contributed by atoms with E-state index in [0.717, 1.165) is 28.7 Å². The van der Waals surface area contributed by atoms with Crippen molar-refractivity contribution in [2.45, 2.75) is 12.6 Å². The maximum absolute atomic E-state index is 11.1. The van der Waals surface area contributed by atoms with Gasteiger partial charge in [-0.05, 0) is 17.7 Å². The number of benzene rings is 2. The summed E-state index contributed by atoms with van der Waals surface area (Å²) in [4.78, 5) is 13.0. The molecule has 2 aromatic rings. The molecule has 5 nitrogen and oxygen atoms in total. The average Bonchev–Trinajstić information content (AvgIpc) is 2.55. The lowest BCUT2D eigenvalue weighted by molar-refractivity contribution is -0.385. The van der Waals surface area contributed by atoms with Gasteiger partial charge in [-0.1, -0.05) is 46.3 Å². The third-order valence-corrected chi connectivity index (χ3v) is 4.45. The fourth-order valence-electron chi connectivity index (χ4n) is 2.82. The molecule has 120 valence electrons. The quantitative estimate of drug-likeness (QED) is 0.599. The van der Waals surface area contributed by atoms with Gasteiger partial charge in [-0.2, -0.15) is 0 Å². The van der Waals surface area contributed by atoms with E-state index in [9.17, 15) is 10.1 Å². The number of hydrogen-bond donors (Lipinski definition) is 0. The van der Waals surface area contributed by atoms with Crippen LogP contribution in [0.25, 0.3) is 0 Å². The molecule has 1 aliphatic rings. The van der Waals surface area contributed by atoms with Crippen LogP contribution < -0.4 is 0 Å². The number of hydrogen-bond acceptors (Lipinski definition) is 4. The second-order valence-corrected chi connectivity index (χ2v) is 6.45. The topological polar surface area (TPSA) is 55.6 Å². The highest BCUT2D eigenvalue weighted by Gasteiger charge is 2.24. The van der Waals surface area contributed by atoms with Gasteiger partial charge in [-0.25, -0.2) is 0 Å². The SMILES string of the molecule is O=[N+]([O-])c1ccccc1CN1CCOC(c2cccc(Br)c2)C1. The Kier molecular flexibility index (Phi) is 5.05. The van der Waals surface area contributed by atoms with E-state index in [1.165, 1.54) is 0 Å². The van der Waals surface area contributed by atoms with Gasteiger partial charge in [0.1, 0.15) is 0 Å². The maximum Gasteiger partial charge on any atom is 0.273 e. The fraction of sp³-hybridized carbons (Fsp3) is 0.294. The number of morpholine rings is 1. The molecule has 1 atom stereocenters. The van der Waals surface area contributed by atoms with Gasteiger partial charge in [-0.15, -0.1) is 0 Å². The van der Waals surface area contributed by atoms with Gasteiger partial charge in [-0.3, -0.25) is 15.0 Å². The summed E-state index contributed by atoms with van der Waals surface area (Å²) in [6.45, 7) is 2.68. The lowest BCUT2D eigenvalue weighted by atomic mass is 10.1. The Labute approximate surface area is 143 Å². The van der Waals surface area contributed by atoms with E-state index in [0.29, 0.717) is 13.2 Å². The highest BCUT2D eigenvalue weighted by molar-refractivity contribution is 9.10. The summed E-state index contributed by atoms with van der Waals surface area (Å²) in [5.41, 5.74) is 2.04. The Bertz CT molecular complexity index is 708. The van der Waals surface area contributed by atoms with E-state index in [1.54, 1.807) is 12.1 Å². The minimum absolute atomic E-state index is 0.0102. The summed E-state index contributed by atoms with van der Waals surface area (Å²) in [6, 6.07) is 15.0. The van der Waals surface area contributed by atoms with Crippen molar-refractivity contribution in [1.29, 1.82) is 0 Å². The molecule has 0 N–H and O–H groups in total. The molecule has 6 heteroatoms. The van der Waals surface area contributed by atoms with Gasteiger partial charge < -0.3 is 4.74 Å². The van der Waals surface area contributed by atoms with Gasteiger partial charge in [0.25, 0.3) is 5.69 Å². The zero-order chi connectivity index (χ0) is 16.2. The third-order valence-electron chi connectivity index (χ3n) is 3.95. The molecule has 0 spiro atoms. The molecule has 0 aromatic heterocycles. The van der Waals surface area contributed by atoms with Crippen LogP contribution in [-0.2, 0) is 11.3 Å². The zero-order valence-electron chi connectivity index (χ0n) is 12.5.